The van der Waals surface area contributed by atoms with Crippen molar-refractivity contribution in [2.24, 2.45) is 0 Å². The van der Waals surface area contributed by atoms with Crippen LogP contribution in [-0.2, 0) is 4.79 Å². The molecular weight excluding hydrogens is 371 g/mol. The lowest BCUT2D eigenvalue weighted by molar-refractivity contribution is -0.386. The molecule has 1 atom stereocenters. The van der Waals surface area contributed by atoms with Gasteiger partial charge in [0.2, 0.25) is 5.75 Å². The highest BCUT2D eigenvalue weighted by atomic mass is 79.9. The number of halogens is 2. The Hall–Kier alpha value is -2.48. The second-order valence-electron chi connectivity index (χ2n) is 4.63. The van der Waals surface area contributed by atoms with Gasteiger partial charge in [0, 0.05) is 22.3 Å². The summed E-state index contributed by atoms with van der Waals surface area (Å²) in [6.45, 7) is 1.42. The van der Waals surface area contributed by atoms with Crippen molar-refractivity contribution in [2.45, 2.75) is 13.0 Å². The van der Waals surface area contributed by atoms with E-state index in [1.807, 2.05) is 0 Å². The van der Waals surface area contributed by atoms with Crippen LogP contribution in [0.3, 0.4) is 0 Å². The zero-order chi connectivity index (χ0) is 17.0. The molecule has 120 valence electrons. The van der Waals surface area contributed by atoms with Gasteiger partial charge in [0.1, 0.15) is 5.82 Å². The highest BCUT2D eigenvalue weighted by Crippen LogP contribution is 2.28. The molecule has 0 heterocycles. The van der Waals surface area contributed by atoms with E-state index in [0.29, 0.717) is 5.69 Å². The number of nitrogens with one attached hydrogen (secondary N) is 1. The Morgan fingerprint density at radius 3 is 2.74 bits per heavy atom. The molecule has 0 fully saturated rings. The van der Waals surface area contributed by atoms with Crippen LogP contribution in [-0.4, -0.2) is 16.9 Å². The summed E-state index contributed by atoms with van der Waals surface area (Å²) in [5, 5.41) is 13.5. The van der Waals surface area contributed by atoms with Crippen LogP contribution in [0.15, 0.2) is 46.9 Å². The number of hydrogen-bond donors (Lipinski definition) is 1. The van der Waals surface area contributed by atoms with E-state index < -0.39 is 28.4 Å². The van der Waals surface area contributed by atoms with Gasteiger partial charge in [-0.05, 0) is 31.2 Å². The molecule has 0 saturated heterocycles. The fourth-order valence-electron chi connectivity index (χ4n) is 1.79. The van der Waals surface area contributed by atoms with Gasteiger partial charge in [-0.2, -0.15) is 0 Å². The van der Waals surface area contributed by atoms with E-state index in [0.717, 1.165) is 22.7 Å². The first-order chi connectivity index (χ1) is 10.9. The van der Waals surface area contributed by atoms with Gasteiger partial charge >= 0.3 is 5.69 Å². The second kappa shape index (κ2) is 7.19. The number of nitro benzene ring substituents is 1. The molecule has 1 unspecified atom stereocenters. The SMILES string of the molecule is CC(Oc1cc(F)ccc1[N+](=O)[O-])C(=O)Nc1cccc(Br)c1. The molecule has 2 aromatic carbocycles. The fraction of sp³-hybridized carbons (Fsp3) is 0.133. The molecule has 6 nitrogen and oxygen atoms in total. The van der Waals surface area contributed by atoms with Crippen molar-refractivity contribution in [1.29, 1.82) is 0 Å². The molecule has 0 aliphatic rings. The number of nitrogens with zero attached hydrogens (tertiary/aromatic N) is 1. The largest absolute Gasteiger partial charge is 0.474 e. The third kappa shape index (κ3) is 4.49. The van der Waals surface area contributed by atoms with Gasteiger partial charge in [-0.15, -0.1) is 0 Å². The summed E-state index contributed by atoms with van der Waals surface area (Å²) in [6.07, 6.45) is -1.05. The number of rotatable bonds is 5. The van der Waals surface area contributed by atoms with Crippen molar-refractivity contribution < 1.29 is 18.8 Å². The molecule has 0 spiro atoms. The van der Waals surface area contributed by atoms with Gasteiger partial charge in [0.15, 0.2) is 6.10 Å². The maximum atomic E-state index is 13.2. The maximum absolute atomic E-state index is 13.2. The number of hydrogen-bond acceptors (Lipinski definition) is 4. The zero-order valence-corrected chi connectivity index (χ0v) is 13.5. The minimum Gasteiger partial charge on any atom is -0.474 e. The van der Waals surface area contributed by atoms with Gasteiger partial charge in [0.25, 0.3) is 5.91 Å². The van der Waals surface area contributed by atoms with Gasteiger partial charge in [-0.3, -0.25) is 14.9 Å². The van der Waals surface area contributed by atoms with Crippen LogP contribution in [0.1, 0.15) is 6.92 Å². The van der Waals surface area contributed by atoms with Crippen LogP contribution >= 0.6 is 15.9 Å². The molecular formula is C15H12BrFN2O4. The molecule has 0 aromatic heterocycles. The van der Waals surface area contributed by atoms with Crippen molar-refractivity contribution >= 4 is 33.2 Å². The second-order valence-corrected chi connectivity index (χ2v) is 5.54. The first-order valence-electron chi connectivity index (χ1n) is 6.54. The standard InChI is InChI=1S/C15H12BrFN2O4/c1-9(15(20)18-12-4-2-3-10(16)7-12)23-14-8-11(17)5-6-13(14)19(21)22/h2-9H,1H3,(H,18,20). The van der Waals surface area contributed by atoms with E-state index in [9.17, 15) is 19.3 Å². The minimum atomic E-state index is -1.05. The molecule has 8 heteroatoms. The predicted molar refractivity (Wildman–Crippen MR) is 85.9 cm³/mol. The average Bonchev–Trinajstić information content (AvgIpc) is 2.46. The highest BCUT2D eigenvalue weighted by molar-refractivity contribution is 9.10. The smallest absolute Gasteiger partial charge is 0.311 e. The Morgan fingerprint density at radius 2 is 2.09 bits per heavy atom. The summed E-state index contributed by atoms with van der Waals surface area (Å²) in [5.74, 6) is -1.50. The Kier molecular flexibility index (Phi) is 5.28. The Labute approximate surface area is 139 Å². The number of anilines is 1. The van der Waals surface area contributed by atoms with E-state index in [2.05, 4.69) is 21.2 Å². The van der Waals surface area contributed by atoms with E-state index in [4.69, 9.17) is 4.74 Å². The lowest BCUT2D eigenvalue weighted by Gasteiger charge is -2.15. The summed E-state index contributed by atoms with van der Waals surface area (Å²) < 4.78 is 19.3. The van der Waals surface area contributed by atoms with E-state index in [-0.39, 0.29) is 5.75 Å². The van der Waals surface area contributed by atoms with Crippen molar-refractivity contribution in [3.8, 4) is 5.75 Å². The lowest BCUT2D eigenvalue weighted by Crippen LogP contribution is -2.30. The van der Waals surface area contributed by atoms with E-state index in [1.165, 1.54) is 6.92 Å². The Balaban J connectivity index is 2.12. The van der Waals surface area contributed by atoms with Gasteiger partial charge < -0.3 is 10.1 Å². The third-order valence-corrected chi connectivity index (χ3v) is 3.38. The number of amides is 1. The van der Waals surface area contributed by atoms with Crippen molar-refractivity contribution in [2.75, 3.05) is 5.32 Å². The average molecular weight is 383 g/mol. The first-order valence-corrected chi connectivity index (χ1v) is 7.33. The molecule has 0 saturated carbocycles. The van der Waals surface area contributed by atoms with Crippen LogP contribution in [0.25, 0.3) is 0 Å². The van der Waals surface area contributed by atoms with Crippen molar-refractivity contribution in [1.82, 2.24) is 0 Å². The molecule has 0 aliphatic carbocycles. The molecule has 0 radical (unpaired) electrons. The number of carbonyl (C=O) groups excluding carboxylic acids is 1. The van der Waals surface area contributed by atoms with Gasteiger partial charge in [0.05, 0.1) is 4.92 Å². The molecule has 2 aromatic rings. The number of benzene rings is 2. The summed E-state index contributed by atoms with van der Waals surface area (Å²) in [5.41, 5.74) is 0.127. The molecule has 23 heavy (non-hydrogen) atoms. The topological polar surface area (TPSA) is 81.5 Å². The molecule has 0 bridgehead atoms. The minimum absolute atomic E-state index is 0.299. The molecule has 1 N–H and O–H groups in total. The molecule has 2 rings (SSSR count). The first kappa shape index (κ1) is 16.9. The van der Waals surface area contributed by atoms with E-state index >= 15 is 0 Å². The van der Waals surface area contributed by atoms with Crippen LogP contribution in [0.4, 0.5) is 15.8 Å². The Morgan fingerprint density at radius 1 is 1.35 bits per heavy atom. The summed E-state index contributed by atoms with van der Waals surface area (Å²) in [4.78, 5) is 22.3. The van der Waals surface area contributed by atoms with Crippen LogP contribution in [0.2, 0.25) is 0 Å². The fourth-order valence-corrected chi connectivity index (χ4v) is 2.19. The lowest BCUT2D eigenvalue weighted by atomic mass is 10.2. The van der Waals surface area contributed by atoms with Crippen LogP contribution < -0.4 is 10.1 Å². The van der Waals surface area contributed by atoms with Crippen LogP contribution in [0, 0.1) is 15.9 Å². The highest BCUT2D eigenvalue weighted by Gasteiger charge is 2.22. The third-order valence-electron chi connectivity index (χ3n) is 2.88. The number of ether oxygens (including phenoxy) is 1. The number of carbonyl (C=O) groups is 1. The maximum Gasteiger partial charge on any atom is 0.311 e. The van der Waals surface area contributed by atoms with Gasteiger partial charge in [-0.25, -0.2) is 4.39 Å². The quantitative estimate of drug-likeness (QED) is 0.627. The Bertz CT molecular complexity index is 754. The number of nitro groups is 1. The van der Waals surface area contributed by atoms with Crippen molar-refractivity contribution in [3.05, 3.63) is 62.9 Å². The predicted octanol–water partition coefficient (Wildman–Crippen LogP) is 3.90. The summed E-state index contributed by atoms with van der Waals surface area (Å²) >= 11 is 3.28. The van der Waals surface area contributed by atoms with Gasteiger partial charge in [-0.1, -0.05) is 22.0 Å². The normalized spacial score (nSPS) is 11.6. The van der Waals surface area contributed by atoms with Crippen molar-refractivity contribution in [3.63, 3.8) is 0 Å². The molecule has 0 aliphatic heterocycles. The monoisotopic (exact) mass is 382 g/mol. The van der Waals surface area contributed by atoms with Crippen LogP contribution in [0.5, 0.6) is 5.75 Å². The zero-order valence-electron chi connectivity index (χ0n) is 12.0. The summed E-state index contributed by atoms with van der Waals surface area (Å²) in [7, 11) is 0. The van der Waals surface area contributed by atoms with E-state index in [1.54, 1.807) is 24.3 Å². The molecule has 1 amide bonds. The summed E-state index contributed by atoms with van der Waals surface area (Å²) in [6, 6.07) is 9.73.